The fraction of sp³-hybridized carbons (Fsp3) is 0.500. The van der Waals surface area contributed by atoms with E-state index in [0.717, 1.165) is 36.0 Å². The van der Waals surface area contributed by atoms with Crippen LogP contribution in [0.4, 0.5) is 5.82 Å². The Hall–Kier alpha value is -1.84. The number of aromatic nitrogens is 2. The second-order valence-electron chi connectivity index (χ2n) is 5.80. The predicted molar refractivity (Wildman–Crippen MR) is 78.7 cm³/mol. The van der Waals surface area contributed by atoms with Gasteiger partial charge in [-0.1, -0.05) is 6.92 Å². The van der Waals surface area contributed by atoms with Crippen molar-refractivity contribution in [3.8, 4) is 0 Å². The van der Waals surface area contributed by atoms with Crippen LogP contribution in [0.3, 0.4) is 0 Å². The number of hydrogen-bond acceptors (Lipinski definition) is 4. The summed E-state index contributed by atoms with van der Waals surface area (Å²) in [6.45, 7) is 7.33. The van der Waals surface area contributed by atoms with E-state index in [-0.39, 0.29) is 6.04 Å². The van der Waals surface area contributed by atoms with E-state index in [9.17, 15) is 0 Å². The molecule has 2 atom stereocenters. The van der Waals surface area contributed by atoms with E-state index in [1.807, 2.05) is 19.9 Å². The first kappa shape index (κ1) is 13.2. The normalized spacial score (nSPS) is 23.1. The number of hydrogen-bond donors (Lipinski definition) is 0. The molecule has 2 aromatic heterocycles. The first-order valence-electron chi connectivity index (χ1n) is 7.25. The Labute approximate surface area is 119 Å². The van der Waals surface area contributed by atoms with Gasteiger partial charge in [-0.2, -0.15) is 0 Å². The summed E-state index contributed by atoms with van der Waals surface area (Å²) in [5.41, 5.74) is 1.00. The second-order valence-corrected chi connectivity index (χ2v) is 5.80. The SMILES string of the molecule is Cc1cc(N2CCC(C)CC2c2ccc(C)o2)ncn1. The van der Waals surface area contributed by atoms with Gasteiger partial charge in [0.25, 0.3) is 0 Å². The molecular weight excluding hydrogens is 250 g/mol. The monoisotopic (exact) mass is 271 g/mol. The molecule has 1 fully saturated rings. The summed E-state index contributed by atoms with van der Waals surface area (Å²) in [5, 5.41) is 0. The molecule has 106 valence electrons. The average Bonchev–Trinajstić information content (AvgIpc) is 2.85. The minimum absolute atomic E-state index is 0.279. The third kappa shape index (κ3) is 2.55. The number of anilines is 1. The zero-order chi connectivity index (χ0) is 14.1. The van der Waals surface area contributed by atoms with E-state index in [1.54, 1.807) is 6.33 Å². The Morgan fingerprint density at radius 3 is 2.80 bits per heavy atom. The van der Waals surface area contributed by atoms with Gasteiger partial charge in [0, 0.05) is 18.3 Å². The van der Waals surface area contributed by atoms with Crippen molar-refractivity contribution < 1.29 is 4.42 Å². The molecule has 4 nitrogen and oxygen atoms in total. The van der Waals surface area contributed by atoms with Crippen molar-refractivity contribution in [1.82, 2.24) is 9.97 Å². The van der Waals surface area contributed by atoms with Crippen LogP contribution in [0.25, 0.3) is 0 Å². The van der Waals surface area contributed by atoms with Crippen molar-refractivity contribution >= 4 is 5.82 Å². The molecule has 0 radical (unpaired) electrons. The van der Waals surface area contributed by atoms with Crippen molar-refractivity contribution in [2.24, 2.45) is 5.92 Å². The maximum atomic E-state index is 5.87. The van der Waals surface area contributed by atoms with Crippen molar-refractivity contribution in [3.05, 3.63) is 41.7 Å². The highest BCUT2D eigenvalue weighted by Gasteiger charge is 2.30. The molecule has 0 spiro atoms. The lowest BCUT2D eigenvalue weighted by Crippen LogP contribution is -2.36. The summed E-state index contributed by atoms with van der Waals surface area (Å²) in [5.74, 6) is 3.73. The molecule has 3 rings (SSSR count). The molecular formula is C16H21N3O. The van der Waals surface area contributed by atoms with Gasteiger partial charge in [0.1, 0.15) is 23.7 Å². The maximum Gasteiger partial charge on any atom is 0.132 e. The first-order valence-corrected chi connectivity index (χ1v) is 7.25. The average molecular weight is 271 g/mol. The van der Waals surface area contributed by atoms with E-state index in [2.05, 4.69) is 33.9 Å². The predicted octanol–water partition coefficient (Wildman–Crippen LogP) is 3.66. The molecule has 1 aliphatic heterocycles. The smallest absolute Gasteiger partial charge is 0.132 e. The highest BCUT2D eigenvalue weighted by molar-refractivity contribution is 5.42. The summed E-state index contributed by atoms with van der Waals surface area (Å²) >= 11 is 0. The van der Waals surface area contributed by atoms with Gasteiger partial charge in [-0.15, -0.1) is 0 Å². The van der Waals surface area contributed by atoms with Gasteiger partial charge in [0.2, 0.25) is 0 Å². The minimum atomic E-state index is 0.279. The Morgan fingerprint density at radius 1 is 1.25 bits per heavy atom. The first-order chi connectivity index (χ1) is 9.63. The van der Waals surface area contributed by atoms with Gasteiger partial charge in [-0.05, 0) is 44.7 Å². The summed E-state index contributed by atoms with van der Waals surface area (Å²) in [6.07, 6.45) is 3.95. The van der Waals surface area contributed by atoms with Gasteiger partial charge in [0.05, 0.1) is 6.04 Å². The molecule has 1 aliphatic rings. The molecule has 3 heterocycles. The van der Waals surface area contributed by atoms with Gasteiger partial charge < -0.3 is 9.32 Å². The molecule has 4 heteroatoms. The molecule has 1 saturated heterocycles. The Balaban J connectivity index is 1.94. The highest BCUT2D eigenvalue weighted by atomic mass is 16.3. The third-order valence-corrected chi connectivity index (χ3v) is 4.04. The second kappa shape index (κ2) is 5.27. The molecule has 0 bridgehead atoms. The lowest BCUT2D eigenvalue weighted by Gasteiger charge is -2.38. The van der Waals surface area contributed by atoms with Crippen LogP contribution in [-0.4, -0.2) is 16.5 Å². The van der Waals surface area contributed by atoms with Crippen LogP contribution in [0.5, 0.6) is 0 Å². The minimum Gasteiger partial charge on any atom is -0.464 e. The van der Waals surface area contributed by atoms with E-state index in [1.165, 1.54) is 6.42 Å². The summed E-state index contributed by atoms with van der Waals surface area (Å²) in [4.78, 5) is 11.0. The van der Waals surface area contributed by atoms with Crippen LogP contribution in [0.2, 0.25) is 0 Å². The van der Waals surface area contributed by atoms with Crippen LogP contribution < -0.4 is 4.90 Å². The molecule has 0 amide bonds. The largest absolute Gasteiger partial charge is 0.464 e. The Bertz CT molecular complexity index is 593. The van der Waals surface area contributed by atoms with E-state index < -0.39 is 0 Å². The fourth-order valence-electron chi connectivity index (χ4n) is 2.92. The molecule has 0 aromatic carbocycles. The summed E-state index contributed by atoms with van der Waals surface area (Å²) < 4.78 is 5.87. The number of piperidine rings is 1. The molecule has 2 aromatic rings. The van der Waals surface area contributed by atoms with Crippen LogP contribution in [0.1, 0.15) is 43.0 Å². The van der Waals surface area contributed by atoms with Gasteiger partial charge >= 0.3 is 0 Å². The van der Waals surface area contributed by atoms with Crippen molar-refractivity contribution in [3.63, 3.8) is 0 Å². The fourth-order valence-corrected chi connectivity index (χ4v) is 2.92. The number of rotatable bonds is 2. The van der Waals surface area contributed by atoms with E-state index in [0.29, 0.717) is 5.92 Å². The van der Waals surface area contributed by atoms with Crippen molar-refractivity contribution in [2.45, 2.75) is 39.7 Å². The number of furan rings is 1. The van der Waals surface area contributed by atoms with Gasteiger partial charge in [-0.3, -0.25) is 0 Å². The maximum absolute atomic E-state index is 5.87. The van der Waals surface area contributed by atoms with E-state index >= 15 is 0 Å². The van der Waals surface area contributed by atoms with Crippen molar-refractivity contribution in [1.29, 1.82) is 0 Å². The summed E-state index contributed by atoms with van der Waals surface area (Å²) in [6, 6.07) is 6.47. The lowest BCUT2D eigenvalue weighted by molar-refractivity contribution is 0.323. The number of nitrogens with zero attached hydrogens (tertiary/aromatic N) is 3. The van der Waals surface area contributed by atoms with Crippen LogP contribution >= 0.6 is 0 Å². The molecule has 20 heavy (non-hydrogen) atoms. The quantitative estimate of drug-likeness (QED) is 0.836. The molecule has 2 unspecified atom stereocenters. The lowest BCUT2D eigenvalue weighted by atomic mass is 9.91. The number of aryl methyl sites for hydroxylation is 2. The zero-order valence-electron chi connectivity index (χ0n) is 12.3. The molecule has 0 saturated carbocycles. The molecule has 0 aliphatic carbocycles. The summed E-state index contributed by atoms with van der Waals surface area (Å²) in [7, 11) is 0. The van der Waals surface area contributed by atoms with Crippen LogP contribution in [0, 0.1) is 19.8 Å². The standard InChI is InChI=1S/C16H21N3O/c1-11-6-7-19(16-9-12(2)17-10-18-16)14(8-11)15-5-4-13(3)20-15/h4-5,9-11,14H,6-8H2,1-3H3. The van der Waals surface area contributed by atoms with Crippen LogP contribution in [-0.2, 0) is 0 Å². The van der Waals surface area contributed by atoms with Crippen molar-refractivity contribution in [2.75, 3.05) is 11.4 Å². The van der Waals surface area contributed by atoms with E-state index in [4.69, 9.17) is 4.42 Å². The van der Waals surface area contributed by atoms with Gasteiger partial charge in [0.15, 0.2) is 0 Å². The zero-order valence-corrected chi connectivity index (χ0v) is 12.3. The Morgan fingerprint density at radius 2 is 2.10 bits per heavy atom. The van der Waals surface area contributed by atoms with Gasteiger partial charge in [-0.25, -0.2) is 9.97 Å². The highest BCUT2D eigenvalue weighted by Crippen LogP contribution is 2.37. The molecule has 0 N–H and O–H groups in total. The van der Waals surface area contributed by atoms with Crippen LogP contribution in [0.15, 0.2) is 28.9 Å². The topological polar surface area (TPSA) is 42.2 Å². The Kier molecular flexibility index (Phi) is 3.47. The third-order valence-electron chi connectivity index (χ3n) is 4.04.